The zero-order valence-electron chi connectivity index (χ0n) is 15.2. The van der Waals surface area contributed by atoms with Crippen LogP contribution in [0, 0.1) is 0 Å². The third-order valence-electron chi connectivity index (χ3n) is 4.62. The molecule has 0 aliphatic heterocycles. The molecule has 0 aromatic heterocycles. The smallest absolute Gasteiger partial charge is 0.227 e. The van der Waals surface area contributed by atoms with Gasteiger partial charge in [0.1, 0.15) is 0 Å². The van der Waals surface area contributed by atoms with E-state index < -0.39 is 39.7 Å². The lowest BCUT2D eigenvalue weighted by Gasteiger charge is -2.43. The van der Waals surface area contributed by atoms with Gasteiger partial charge >= 0.3 is 24.2 Å². The van der Waals surface area contributed by atoms with Crippen LogP contribution in [0.5, 0.6) is 0 Å². The molecule has 0 rings (SSSR count). The summed E-state index contributed by atoms with van der Waals surface area (Å²) < 4.78 is 143. The number of hydrogen-bond acceptors (Lipinski definition) is 0. The molecule has 0 aliphatic rings. The summed E-state index contributed by atoms with van der Waals surface area (Å²) in [5.41, 5.74) is -6.06. The molecule has 0 amide bonds. The van der Waals surface area contributed by atoms with Gasteiger partial charge in [-0.3, -0.25) is 0 Å². The summed E-state index contributed by atoms with van der Waals surface area (Å²) in [4.78, 5) is 0. The van der Waals surface area contributed by atoms with Crippen molar-refractivity contribution < 1.29 is 48.3 Å². The molecule has 0 N–H and O–H groups in total. The molecule has 0 spiro atoms. The normalized spacial score (nSPS) is 18.6. The first kappa shape index (κ1) is 28.0. The van der Waals surface area contributed by atoms with Crippen molar-refractivity contribution in [2.75, 3.05) is 0 Å². The van der Waals surface area contributed by atoms with Crippen LogP contribution in [-0.4, -0.2) is 33.3 Å². The zero-order valence-corrected chi connectivity index (χ0v) is 17.3. The molecule has 170 valence electrons. The van der Waals surface area contributed by atoms with E-state index in [1.807, 2.05) is 6.92 Å². The van der Waals surface area contributed by atoms with Gasteiger partial charge in [0.2, 0.25) is 0 Å². The van der Waals surface area contributed by atoms with Crippen molar-refractivity contribution >= 4 is 22.6 Å². The third kappa shape index (κ3) is 5.77. The molecule has 2 atom stereocenters. The van der Waals surface area contributed by atoms with Crippen LogP contribution in [0.25, 0.3) is 0 Å². The summed E-state index contributed by atoms with van der Waals surface area (Å²) in [5.74, 6) is -14.2. The Morgan fingerprint density at radius 1 is 0.607 bits per heavy atom. The van der Waals surface area contributed by atoms with Crippen LogP contribution in [-0.2, 0) is 0 Å². The molecule has 2 unspecified atom stereocenters. The van der Waals surface area contributed by atoms with Gasteiger partial charge in [-0.05, 0) is 12.8 Å². The number of rotatable bonds is 11. The number of hydrogen-bond donors (Lipinski definition) is 0. The summed E-state index contributed by atoms with van der Waals surface area (Å²) in [6.07, 6.45) is -13.5. The van der Waals surface area contributed by atoms with Gasteiger partial charge in [-0.25, -0.2) is 4.39 Å². The van der Waals surface area contributed by atoms with Gasteiger partial charge < -0.3 is 0 Å². The molecule has 0 aromatic rings. The molecular formula is C16H22F11I. The quantitative estimate of drug-likeness (QED) is 0.105. The van der Waals surface area contributed by atoms with Crippen LogP contribution in [0.15, 0.2) is 0 Å². The Hall–Kier alpha value is -0.0400. The second-order valence-electron chi connectivity index (χ2n) is 6.79. The van der Waals surface area contributed by atoms with E-state index in [2.05, 4.69) is 0 Å². The van der Waals surface area contributed by atoms with E-state index in [0.717, 1.165) is 12.8 Å². The highest BCUT2D eigenvalue weighted by Crippen LogP contribution is 2.60. The number of unbranched alkanes of at least 4 members (excludes halogenated alkanes) is 4. The molecule has 0 saturated heterocycles. The van der Waals surface area contributed by atoms with Gasteiger partial charge in [0, 0.05) is 9.84 Å². The Bertz CT molecular complexity index is 486. The molecule has 12 heteroatoms. The fourth-order valence-electron chi connectivity index (χ4n) is 2.69. The molecule has 0 radical (unpaired) electrons. The minimum Gasteiger partial charge on any atom is -0.227 e. The monoisotopic (exact) mass is 550 g/mol. The maximum Gasteiger partial charge on any atom is 0.460 e. The van der Waals surface area contributed by atoms with Gasteiger partial charge in [-0.1, -0.05) is 68.5 Å². The van der Waals surface area contributed by atoms with Gasteiger partial charge in [-0.15, -0.1) is 0 Å². The van der Waals surface area contributed by atoms with Crippen molar-refractivity contribution in [1.29, 1.82) is 0 Å². The first-order valence-corrected chi connectivity index (χ1v) is 9.67. The molecule has 0 aromatic carbocycles. The molecule has 28 heavy (non-hydrogen) atoms. The molecule has 0 heterocycles. The van der Waals surface area contributed by atoms with Crippen molar-refractivity contribution in [2.45, 2.75) is 98.5 Å². The van der Waals surface area contributed by atoms with Gasteiger partial charge in [0.05, 0.1) is 0 Å². The predicted molar refractivity (Wildman–Crippen MR) is 90.9 cm³/mol. The standard InChI is InChI=1S/C16H22F11I/c1-3-5-6-7-8-9-11(28,4-2)10-12(17,15(22,23)24)13(18,19)14(20,21)16(25,26)27/h3-10H2,1-2H3. The maximum atomic E-state index is 14.6. The molecule has 0 saturated carbocycles. The molecule has 0 aliphatic carbocycles. The van der Waals surface area contributed by atoms with Crippen LogP contribution >= 0.6 is 22.6 Å². The Morgan fingerprint density at radius 3 is 1.43 bits per heavy atom. The molecular weight excluding hydrogens is 528 g/mol. The van der Waals surface area contributed by atoms with Crippen molar-refractivity contribution in [1.82, 2.24) is 0 Å². The van der Waals surface area contributed by atoms with E-state index in [4.69, 9.17) is 0 Å². The molecule has 0 nitrogen and oxygen atoms in total. The average Bonchev–Trinajstić information content (AvgIpc) is 2.52. The van der Waals surface area contributed by atoms with Crippen molar-refractivity contribution in [3.63, 3.8) is 0 Å². The average molecular weight is 550 g/mol. The SMILES string of the molecule is CCCCCCCC(I)(CC)CC(F)(C(F)(F)F)C(F)(F)C(F)(F)C(F)(F)F. The van der Waals surface area contributed by atoms with Gasteiger partial charge in [-0.2, -0.15) is 43.9 Å². The van der Waals surface area contributed by atoms with E-state index in [9.17, 15) is 48.3 Å². The van der Waals surface area contributed by atoms with Crippen LogP contribution in [0.2, 0.25) is 0 Å². The lowest BCUT2D eigenvalue weighted by Crippen LogP contribution is -2.68. The van der Waals surface area contributed by atoms with Crippen molar-refractivity contribution in [3.05, 3.63) is 0 Å². The predicted octanol–water partition coefficient (Wildman–Crippen LogP) is 8.42. The van der Waals surface area contributed by atoms with Crippen LogP contribution in [0.3, 0.4) is 0 Å². The third-order valence-corrected chi connectivity index (χ3v) is 6.30. The van der Waals surface area contributed by atoms with Crippen LogP contribution < -0.4 is 0 Å². The van der Waals surface area contributed by atoms with Crippen LogP contribution in [0.1, 0.15) is 65.2 Å². The Morgan fingerprint density at radius 2 is 1.07 bits per heavy atom. The van der Waals surface area contributed by atoms with Gasteiger partial charge in [0.15, 0.2) is 0 Å². The summed E-state index contributed by atoms with van der Waals surface area (Å²) in [7, 11) is 0. The van der Waals surface area contributed by atoms with Gasteiger partial charge in [0.25, 0.3) is 5.67 Å². The van der Waals surface area contributed by atoms with E-state index in [0.29, 0.717) is 12.8 Å². The number of alkyl halides is 12. The Balaban J connectivity index is 5.90. The lowest BCUT2D eigenvalue weighted by molar-refractivity contribution is -0.413. The molecule has 0 fully saturated rings. The fraction of sp³-hybridized carbons (Fsp3) is 1.00. The second kappa shape index (κ2) is 9.40. The topological polar surface area (TPSA) is 0 Å². The summed E-state index contributed by atoms with van der Waals surface area (Å²) in [6, 6.07) is 0. The van der Waals surface area contributed by atoms with E-state index in [1.54, 1.807) is 0 Å². The zero-order chi connectivity index (χ0) is 22.7. The highest BCUT2D eigenvalue weighted by Gasteiger charge is 2.86. The maximum absolute atomic E-state index is 14.6. The Labute approximate surface area is 169 Å². The van der Waals surface area contributed by atoms with Crippen molar-refractivity contribution in [2.24, 2.45) is 0 Å². The minimum atomic E-state index is -7.20. The van der Waals surface area contributed by atoms with Crippen molar-refractivity contribution in [3.8, 4) is 0 Å². The summed E-state index contributed by atoms with van der Waals surface area (Å²) >= 11 is 1.25. The number of halogens is 12. The highest BCUT2D eigenvalue weighted by atomic mass is 127. The van der Waals surface area contributed by atoms with E-state index in [-0.39, 0.29) is 19.3 Å². The van der Waals surface area contributed by atoms with E-state index in [1.165, 1.54) is 29.5 Å². The highest BCUT2D eigenvalue weighted by molar-refractivity contribution is 14.1. The largest absolute Gasteiger partial charge is 0.460 e. The lowest BCUT2D eigenvalue weighted by atomic mass is 9.80. The first-order valence-electron chi connectivity index (χ1n) is 8.60. The molecule has 0 bridgehead atoms. The fourth-order valence-corrected chi connectivity index (χ4v) is 3.60. The summed E-state index contributed by atoms with van der Waals surface area (Å²) in [6.45, 7) is 3.12. The van der Waals surface area contributed by atoms with E-state index >= 15 is 0 Å². The second-order valence-corrected chi connectivity index (χ2v) is 9.08. The Kier molecular flexibility index (Phi) is 9.39. The van der Waals surface area contributed by atoms with Crippen LogP contribution in [0.4, 0.5) is 48.3 Å². The minimum absolute atomic E-state index is 0.200. The first-order chi connectivity index (χ1) is 12.3. The summed E-state index contributed by atoms with van der Waals surface area (Å²) in [5, 5.41) is 0.